The van der Waals surface area contributed by atoms with Gasteiger partial charge in [-0.2, -0.15) is 0 Å². The number of rotatable bonds is 7. The summed E-state index contributed by atoms with van der Waals surface area (Å²) in [5.74, 6) is 0.664. The summed E-state index contributed by atoms with van der Waals surface area (Å²) >= 11 is 0. The minimum absolute atomic E-state index is 0.371. The Bertz CT molecular complexity index is 365. The molecule has 112 valence electrons. The Morgan fingerprint density at radius 1 is 1.15 bits per heavy atom. The molecule has 0 radical (unpaired) electrons. The second kappa shape index (κ2) is 8.43. The van der Waals surface area contributed by atoms with Gasteiger partial charge in [-0.15, -0.1) is 0 Å². The lowest BCUT2D eigenvalue weighted by molar-refractivity contribution is -0.000134. The lowest BCUT2D eigenvalue weighted by Gasteiger charge is -2.36. The Morgan fingerprint density at radius 3 is 2.65 bits per heavy atom. The summed E-state index contributed by atoms with van der Waals surface area (Å²) in [6.07, 6.45) is 7.74. The maximum Gasteiger partial charge on any atom is 0.0733 e. The van der Waals surface area contributed by atoms with Crippen LogP contribution in [-0.2, 0) is 4.74 Å². The topological polar surface area (TPSA) is 21.3 Å². The van der Waals surface area contributed by atoms with Crippen molar-refractivity contribution in [3.05, 3.63) is 35.9 Å². The molecule has 0 heterocycles. The Hall–Kier alpha value is -0.860. The molecule has 0 amide bonds. The van der Waals surface area contributed by atoms with Gasteiger partial charge in [-0.3, -0.25) is 0 Å². The maximum atomic E-state index is 6.18. The number of nitrogens with one attached hydrogen (secondary N) is 1. The number of hydrogen-bond acceptors (Lipinski definition) is 2. The summed E-state index contributed by atoms with van der Waals surface area (Å²) < 4.78 is 6.18. The van der Waals surface area contributed by atoms with E-state index in [4.69, 9.17) is 4.74 Å². The molecule has 1 aromatic rings. The molecule has 0 bridgehead atoms. The summed E-state index contributed by atoms with van der Waals surface area (Å²) in [5.41, 5.74) is 1.48. The van der Waals surface area contributed by atoms with Gasteiger partial charge in [0.2, 0.25) is 0 Å². The first kappa shape index (κ1) is 15.5. The molecule has 1 fully saturated rings. The van der Waals surface area contributed by atoms with Crippen LogP contribution in [0.25, 0.3) is 0 Å². The summed E-state index contributed by atoms with van der Waals surface area (Å²) in [5, 5.41) is 3.44. The van der Waals surface area contributed by atoms with E-state index in [1.54, 1.807) is 0 Å². The van der Waals surface area contributed by atoms with Gasteiger partial charge in [-0.05, 0) is 44.2 Å². The SMILES string of the molecule is CCCCCOC1CC(c2ccccc2)CCC1NC. The predicted octanol–water partition coefficient (Wildman–Crippen LogP) is 4.12. The minimum atomic E-state index is 0.371. The normalized spacial score (nSPS) is 26.6. The third-order valence-corrected chi connectivity index (χ3v) is 4.51. The van der Waals surface area contributed by atoms with Gasteiger partial charge in [0.1, 0.15) is 0 Å². The quantitative estimate of drug-likeness (QED) is 0.756. The molecule has 2 nitrogen and oxygen atoms in total. The zero-order valence-electron chi connectivity index (χ0n) is 13.0. The highest BCUT2D eigenvalue weighted by molar-refractivity contribution is 5.20. The molecular formula is C18H29NO. The molecule has 1 aromatic carbocycles. The highest BCUT2D eigenvalue weighted by Crippen LogP contribution is 2.34. The van der Waals surface area contributed by atoms with Crippen LogP contribution < -0.4 is 5.32 Å². The van der Waals surface area contributed by atoms with Crippen LogP contribution in [0.1, 0.15) is 56.9 Å². The van der Waals surface area contributed by atoms with Crippen molar-refractivity contribution in [2.45, 2.75) is 63.5 Å². The summed E-state index contributed by atoms with van der Waals surface area (Å²) in [6, 6.07) is 11.4. The molecule has 1 N–H and O–H groups in total. The van der Waals surface area contributed by atoms with Gasteiger partial charge in [0.05, 0.1) is 6.10 Å². The number of hydrogen-bond donors (Lipinski definition) is 1. The Labute approximate surface area is 123 Å². The molecule has 0 aliphatic heterocycles. The smallest absolute Gasteiger partial charge is 0.0733 e. The molecular weight excluding hydrogens is 246 g/mol. The van der Waals surface area contributed by atoms with Crippen molar-refractivity contribution < 1.29 is 4.74 Å². The first-order valence-corrected chi connectivity index (χ1v) is 8.19. The van der Waals surface area contributed by atoms with Gasteiger partial charge in [0, 0.05) is 12.6 Å². The van der Waals surface area contributed by atoms with Crippen LogP contribution >= 0.6 is 0 Å². The van der Waals surface area contributed by atoms with E-state index in [0.29, 0.717) is 18.1 Å². The number of benzene rings is 1. The summed E-state index contributed by atoms with van der Waals surface area (Å²) in [4.78, 5) is 0. The van der Waals surface area contributed by atoms with E-state index < -0.39 is 0 Å². The second-order valence-corrected chi connectivity index (χ2v) is 5.93. The lowest BCUT2D eigenvalue weighted by atomic mass is 9.80. The molecule has 0 aromatic heterocycles. The van der Waals surface area contributed by atoms with E-state index in [-0.39, 0.29) is 0 Å². The highest BCUT2D eigenvalue weighted by Gasteiger charge is 2.30. The van der Waals surface area contributed by atoms with Crippen molar-refractivity contribution in [1.82, 2.24) is 5.32 Å². The predicted molar refractivity (Wildman–Crippen MR) is 85.1 cm³/mol. The third-order valence-electron chi connectivity index (χ3n) is 4.51. The molecule has 2 rings (SSSR count). The first-order chi connectivity index (χ1) is 9.85. The van der Waals surface area contributed by atoms with Gasteiger partial charge >= 0.3 is 0 Å². The van der Waals surface area contributed by atoms with Gasteiger partial charge < -0.3 is 10.1 Å². The van der Waals surface area contributed by atoms with Crippen LogP contribution in [0.4, 0.5) is 0 Å². The third kappa shape index (κ3) is 4.32. The average Bonchev–Trinajstić information content (AvgIpc) is 2.52. The van der Waals surface area contributed by atoms with Crippen molar-refractivity contribution >= 4 is 0 Å². The van der Waals surface area contributed by atoms with Crippen molar-refractivity contribution in [3.8, 4) is 0 Å². The van der Waals surface area contributed by atoms with E-state index in [9.17, 15) is 0 Å². The van der Waals surface area contributed by atoms with Gasteiger partial charge in [-0.25, -0.2) is 0 Å². The van der Waals surface area contributed by atoms with Crippen LogP contribution in [0.2, 0.25) is 0 Å². The van der Waals surface area contributed by atoms with Crippen LogP contribution in [0.3, 0.4) is 0 Å². The number of unbranched alkanes of at least 4 members (excludes halogenated alkanes) is 2. The largest absolute Gasteiger partial charge is 0.377 e. The molecule has 0 spiro atoms. The second-order valence-electron chi connectivity index (χ2n) is 5.93. The fourth-order valence-electron chi connectivity index (χ4n) is 3.26. The summed E-state index contributed by atoms with van der Waals surface area (Å²) in [7, 11) is 2.07. The van der Waals surface area contributed by atoms with Crippen LogP contribution in [0.5, 0.6) is 0 Å². The van der Waals surface area contributed by atoms with Gasteiger partial charge in [-0.1, -0.05) is 50.1 Å². The van der Waals surface area contributed by atoms with Gasteiger partial charge in [0.15, 0.2) is 0 Å². The maximum absolute atomic E-state index is 6.18. The van der Waals surface area contributed by atoms with Crippen molar-refractivity contribution in [2.24, 2.45) is 0 Å². The average molecular weight is 275 g/mol. The zero-order chi connectivity index (χ0) is 14.2. The van der Waals surface area contributed by atoms with Crippen LogP contribution in [-0.4, -0.2) is 25.8 Å². The molecule has 0 saturated heterocycles. The Kier molecular flexibility index (Phi) is 6.55. The molecule has 1 aliphatic rings. The fraction of sp³-hybridized carbons (Fsp3) is 0.667. The van der Waals surface area contributed by atoms with Crippen molar-refractivity contribution in [2.75, 3.05) is 13.7 Å². The Balaban J connectivity index is 1.89. The number of ether oxygens (including phenoxy) is 1. The first-order valence-electron chi connectivity index (χ1n) is 8.19. The standard InChI is InChI=1S/C18H29NO/c1-3-4-8-13-20-18-14-16(11-12-17(18)19-2)15-9-6-5-7-10-15/h5-7,9-10,16-19H,3-4,8,11-14H2,1-2H3. The lowest BCUT2D eigenvalue weighted by Crippen LogP contribution is -2.43. The zero-order valence-corrected chi connectivity index (χ0v) is 13.0. The molecule has 1 aliphatic carbocycles. The fourth-order valence-corrected chi connectivity index (χ4v) is 3.26. The van der Waals surface area contributed by atoms with E-state index in [1.165, 1.54) is 37.7 Å². The van der Waals surface area contributed by atoms with Crippen molar-refractivity contribution in [3.63, 3.8) is 0 Å². The van der Waals surface area contributed by atoms with Gasteiger partial charge in [0.25, 0.3) is 0 Å². The molecule has 20 heavy (non-hydrogen) atoms. The molecule has 3 atom stereocenters. The number of likely N-dealkylation sites (N-methyl/N-ethyl adjacent to an activating group) is 1. The van der Waals surface area contributed by atoms with E-state index in [2.05, 4.69) is 49.6 Å². The summed E-state index contributed by atoms with van der Waals surface area (Å²) in [6.45, 7) is 3.15. The Morgan fingerprint density at radius 2 is 1.95 bits per heavy atom. The molecule has 3 unspecified atom stereocenters. The van der Waals surface area contributed by atoms with E-state index in [0.717, 1.165) is 13.0 Å². The minimum Gasteiger partial charge on any atom is -0.377 e. The van der Waals surface area contributed by atoms with E-state index >= 15 is 0 Å². The van der Waals surface area contributed by atoms with Crippen LogP contribution in [0.15, 0.2) is 30.3 Å². The highest BCUT2D eigenvalue weighted by atomic mass is 16.5. The monoisotopic (exact) mass is 275 g/mol. The molecule has 2 heteroatoms. The van der Waals surface area contributed by atoms with Crippen molar-refractivity contribution in [1.29, 1.82) is 0 Å². The molecule has 1 saturated carbocycles. The van der Waals surface area contributed by atoms with Crippen LogP contribution in [0, 0.1) is 0 Å². The van der Waals surface area contributed by atoms with E-state index in [1.807, 2.05) is 0 Å².